The van der Waals surface area contributed by atoms with Crippen molar-refractivity contribution in [2.24, 2.45) is 0 Å². The van der Waals surface area contributed by atoms with Crippen molar-refractivity contribution in [2.45, 2.75) is 76.5 Å². The lowest BCUT2D eigenvalue weighted by atomic mass is 10.0. The number of halogens is 7. The van der Waals surface area contributed by atoms with Crippen LogP contribution >= 0.6 is 92.2 Å². The number of aryl methyl sites for hydroxylation is 2. The van der Waals surface area contributed by atoms with Gasteiger partial charge in [-0.15, -0.1) is 0 Å². The maximum Gasteiger partial charge on any atom is 0.329 e. The fourth-order valence-electron chi connectivity index (χ4n) is 6.74. The Balaban J connectivity index is 0.000000296. The molecule has 6 aromatic carbocycles. The number of ether oxygens (including phenoxy) is 1. The van der Waals surface area contributed by atoms with Gasteiger partial charge in [0.25, 0.3) is 23.6 Å². The van der Waals surface area contributed by atoms with E-state index in [0.29, 0.717) is 38.7 Å². The van der Waals surface area contributed by atoms with Gasteiger partial charge in [-0.3, -0.25) is 19.2 Å². The lowest BCUT2D eigenvalue weighted by Crippen LogP contribution is -2.44. The van der Waals surface area contributed by atoms with Gasteiger partial charge in [-0.25, -0.2) is 9.59 Å². The Labute approximate surface area is 467 Å². The SMILES string of the molecule is CC(C)I.Cc1cccc(Cl)c1C(=O)NC(Cc1ccc(NC(=O)c2c(Cl)cccc2Cl)cc1)C(=O)O.Cc1cccc(Cl)c1C(=O)NC(Cc1ccc(NC(=O)c2c(Cl)cccc2Cl)cc1)C(=O)OC(C)C. The maximum absolute atomic E-state index is 13.0. The number of carbonyl (C=O) groups excluding carboxylic acids is 5. The van der Waals surface area contributed by atoms with Crippen LogP contribution in [0.4, 0.5) is 11.4 Å². The largest absolute Gasteiger partial charge is 0.480 e. The first kappa shape index (κ1) is 60.2. The lowest BCUT2D eigenvalue weighted by Gasteiger charge is -2.20. The summed E-state index contributed by atoms with van der Waals surface area (Å²) in [6.45, 7) is 11.3. The second-order valence-corrected chi connectivity index (χ2v) is 21.6. The van der Waals surface area contributed by atoms with Crippen LogP contribution < -0.4 is 21.3 Å². The van der Waals surface area contributed by atoms with E-state index >= 15 is 0 Å². The Morgan fingerprint density at radius 3 is 1.10 bits per heavy atom. The normalized spacial score (nSPS) is 11.4. The molecule has 0 heterocycles. The van der Waals surface area contributed by atoms with Gasteiger partial charge in [0.1, 0.15) is 12.1 Å². The molecule has 0 saturated heterocycles. The van der Waals surface area contributed by atoms with Crippen molar-refractivity contribution in [3.63, 3.8) is 0 Å². The van der Waals surface area contributed by atoms with E-state index in [-0.39, 0.29) is 60.7 Å². The van der Waals surface area contributed by atoms with Crippen LogP contribution in [0.25, 0.3) is 0 Å². The number of hydrogen-bond acceptors (Lipinski definition) is 7. The molecular formula is C54H51Cl6IN4O8. The average Bonchev–Trinajstić information content (AvgIpc) is 3.29. The summed E-state index contributed by atoms with van der Waals surface area (Å²) in [5.41, 5.74) is 4.58. The molecule has 0 saturated carbocycles. The van der Waals surface area contributed by atoms with Crippen LogP contribution in [-0.4, -0.2) is 62.8 Å². The number of esters is 1. The molecule has 0 spiro atoms. The number of alkyl halides is 1. The van der Waals surface area contributed by atoms with Crippen molar-refractivity contribution < 1.29 is 38.6 Å². The van der Waals surface area contributed by atoms with Crippen LogP contribution in [-0.2, 0) is 27.2 Å². The van der Waals surface area contributed by atoms with Crippen molar-refractivity contribution in [2.75, 3.05) is 10.6 Å². The van der Waals surface area contributed by atoms with Crippen LogP contribution in [0, 0.1) is 13.8 Å². The molecule has 5 N–H and O–H groups in total. The van der Waals surface area contributed by atoms with Gasteiger partial charge < -0.3 is 31.1 Å². The van der Waals surface area contributed by atoms with Gasteiger partial charge in [0.2, 0.25) is 0 Å². The van der Waals surface area contributed by atoms with Crippen molar-refractivity contribution in [3.8, 4) is 0 Å². The molecule has 384 valence electrons. The summed E-state index contributed by atoms with van der Waals surface area (Å²) in [6.07, 6.45) is -0.145. The van der Waals surface area contributed by atoms with Crippen LogP contribution in [0.15, 0.2) is 121 Å². The number of aliphatic carboxylic acids is 1. The molecule has 73 heavy (non-hydrogen) atoms. The van der Waals surface area contributed by atoms with Crippen molar-refractivity contribution in [1.82, 2.24) is 10.6 Å². The fourth-order valence-corrected chi connectivity index (χ4v) is 8.50. The standard InChI is InChI=1S/C27H25Cl3N2O4.C24H19Cl3N2O4.C3H7I/c1-15(2)36-27(35)22(32-25(33)23-16(3)6-4-7-19(23)28)14-17-10-12-18(13-11-17)31-26(34)24-20(29)8-5-9-21(24)30;1-13-4-2-5-16(25)20(13)22(30)29-19(24(32)33)12-14-8-10-15(11-9-14)28-23(31)21-17(26)6-3-7-18(21)27;1-3(2)4/h4-13,15,22H,14H2,1-3H3,(H,31,34)(H,32,33);2-11,19H,12H2,1H3,(H,28,31)(H,29,30)(H,32,33);3H,1-2H3. The Morgan fingerprint density at radius 1 is 0.479 bits per heavy atom. The monoisotopic (exact) mass is 1220 g/mol. The predicted octanol–water partition coefficient (Wildman–Crippen LogP) is 14.0. The summed E-state index contributed by atoms with van der Waals surface area (Å²) < 4.78 is 6.16. The van der Waals surface area contributed by atoms with Crippen molar-refractivity contribution in [3.05, 3.63) is 196 Å². The smallest absolute Gasteiger partial charge is 0.329 e. The molecular weight excluding hydrogens is 1170 g/mol. The molecule has 0 aliphatic rings. The van der Waals surface area contributed by atoms with Crippen molar-refractivity contribution in [1.29, 1.82) is 0 Å². The highest BCUT2D eigenvalue weighted by molar-refractivity contribution is 14.1. The zero-order valence-electron chi connectivity index (χ0n) is 40.2. The van der Waals surface area contributed by atoms with E-state index in [4.69, 9.17) is 74.3 Å². The van der Waals surface area contributed by atoms with E-state index in [2.05, 4.69) is 57.7 Å². The molecule has 19 heteroatoms. The third-order valence-corrected chi connectivity index (χ3v) is 12.0. The number of carbonyl (C=O) groups is 6. The highest BCUT2D eigenvalue weighted by atomic mass is 127. The molecule has 6 aromatic rings. The fraction of sp³-hybridized carbons (Fsp3) is 0.222. The van der Waals surface area contributed by atoms with Crippen LogP contribution in [0.1, 0.15) is 91.4 Å². The van der Waals surface area contributed by atoms with Crippen molar-refractivity contribution >= 4 is 139 Å². The number of nitrogens with one attached hydrogen (secondary N) is 4. The minimum atomic E-state index is -1.18. The lowest BCUT2D eigenvalue weighted by molar-refractivity contribution is -0.149. The third-order valence-electron chi connectivity index (χ3n) is 10.1. The molecule has 2 unspecified atom stereocenters. The minimum absolute atomic E-state index is 0.0368. The van der Waals surface area contributed by atoms with Gasteiger partial charge in [0, 0.05) is 28.1 Å². The Bertz CT molecular complexity index is 2860. The van der Waals surface area contributed by atoms with Gasteiger partial charge in [-0.05, 0) is 111 Å². The zero-order chi connectivity index (χ0) is 54.1. The van der Waals surface area contributed by atoms with Crippen LogP contribution in [0.2, 0.25) is 30.1 Å². The molecule has 6 rings (SSSR count). The number of amides is 4. The summed E-state index contributed by atoms with van der Waals surface area (Å²) in [4.78, 5) is 75.2. The molecule has 0 radical (unpaired) electrons. The first-order valence-electron chi connectivity index (χ1n) is 22.3. The minimum Gasteiger partial charge on any atom is -0.480 e. The average molecular weight is 1220 g/mol. The molecule has 0 aliphatic carbocycles. The number of hydrogen-bond donors (Lipinski definition) is 5. The quantitative estimate of drug-likeness (QED) is 0.0383. The first-order chi connectivity index (χ1) is 34.5. The number of carboxylic acid groups (broad SMARTS) is 1. The molecule has 0 fully saturated rings. The van der Waals surface area contributed by atoms with Gasteiger partial charge in [-0.2, -0.15) is 0 Å². The maximum atomic E-state index is 13.0. The molecule has 2 atom stereocenters. The summed E-state index contributed by atoms with van der Waals surface area (Å²) in [7, 11) is 0. The van der Waals surface area contributed by atoms with E-state index in [1.165, 1.54) is 0 Å². The number of anilines is 2. The second-order valence-electron chi connectivity index (χ2n) is 16.7. The third kappa shape index (κ3) is 18.5. The van der Waals surface area contributed by atoms with Crippen LogP contribution in [0.3, 0.4) is 0 Å². The topological polar surface area (TPSA) is 180 Å². The van der Waals surface area contributed by atoms with Crippen LogP contribution in [0.5, 0.6) is 0 Å². The number of carboxylic acids is 1. The van der Waals surface area contributed by atoms with Gasteiger partial charge in [0.15, 0.2) is 0 Å². The number of benzene rings is 6. The molecule has 0 bridgehead atoms. The van der Waals surface area contributed by atoms with E-state index < -0.39 is 47.7 Å². The van der Waals surface area contributed by atoms with Gasteiger partial charge >= 0.3 is 11.9 Å². The highest BCUT2D eigenvalue weighted by Gasteiger charge is 2.27. The van der Waals surface area contributed by atoms with Gasteiger partial charge in [0.05, 0.1) is 58.5 Å². The molecule has 4 amide bonds. The summed E-state index contributed by atoms with van der Waals surface area (Å²) >= 11 is 39.0. The summed E-state index contributed by atoms with van der Waals surface area (Å²) in [5, 5.41) is 21.8. The zero-order valence-corrected chi connectivity index (χ0v) is 46.9. The second kappa shape index (κ2) is 28.9. The van der Waals surface area contributed by atoms with E-state index in [1.807, 2.05) is 0 Å². The summed E-state index contributed by atoms with van der Waals surface area (Å²) in [5.74, 6) is -3.69. The molecule has 0 aromatic heterocycles. The Hall–Kier alpha value is -5.39. The Kier molecular flexibility index (Phi) is 23.8. The first-order valence-corrected chi connectivity index (χ1v) is 25.9. The number of rotatable bonds is 15. The van der Waals surface area contributed by atoms with E-state index in [1.54, 1.807) is 149 Å². The van der Waals surface area contributed by atoms with Gasteiger partial charge in [-0.1, -0.05) is 167 Å². The summed E-state index contributed by atoms with van der Waals surface area (Å²) in [6, 6.07) is 31.0. The molecule has 12 nitrogen and oxygen atoms in total. The van der Waals surface area contributed by atoms with E-state index in [0.717, 1.165) is 9.49 Å². The van der Waals surface area contributed by atoms with E-state index in [9.17, 15) is 33.9 Å². The molecule has 0 aliphatic heterocycles. The predicted molar refractivity (Wildman–Crippen MR) is 302 cm³/mol. The highest BCUT2D eigenvalue weighted by Crippen LogP contribution is 2.28. The Morgan fingerprint density at radius 2 is 0.781 bits per heavy atom.